The number of carbonyl (C=O) groups excluding carboxylic acids is 1. The molecule has 0 atom stereocenters. The zero-order valence-electron chi connectivity index (χ0n) is 15.7. The van der Waals surface area contributed by atoms with Crippen molar-refractivity contribution in [2.45, 2.75) is 50.0 Å². The molecule has 144 valence electrons. The van der Waals surface area contributed by atoms with Crippen molar-refractivity contribution in [1.29, 1.82) is 0 Å². The van der Waals surface area contributed by atoms with Crippen LogP contribution in [0.15, 0.2) is 53.4 Å². The van der Waals surface area contributed by atoms with Crippen LogP contribution in [0.3, 0.4) is 0 Å². The van der Waals surface area contributed by atoms with Gasteiger partial charge >= 0.3 is 6.03 Å². The summed E-state index contributed by atoms with van der Waals surface area (Å²) in [7, 11) is -3.67. The number of benzene rings is 2. The van der Waals surface area contributed by atoms with Gasteiger partial charge in [-0.2, -0.15) is 0 Å². The monoisotopic (exact) mass is 387 g/mol. The van der Waals surface area contributed by atoms with Gasteiger partial charge in [0.2, 0.25) is 0 Å². The van der Waals surface area contributed by atoms with Crippen molar-refractivity contribution in [3.05, 3.63) is 54.1 Å². The Bertz CT molecular complexity index is 910. The van der Waals surface area contributed by atoms with E-state index in [1.165, 1.54) is 0 Å². The van der Waals surface area contributed by atoms with E-state index in [1.54, 1.807) is 36.4 Å². The second kappa shape index (κ2) is 7.23. The minimum Gasteiger partial charge on any atom is -0.335 e. The smallest absolute Gasteiger partial charge is 0.319 e. The molecule has 2 aromatic carbocycles. The molecule has 1 fully saturated rings. The summed E-state index contributed by atoms with van der Waals surface area (Å²) < 4.78 is 27.7. The quantitative estimate of drug-likeness (QED) is 0.723. The van der Waals surface area contributed by atoms with E-state index in [0.29, 0.717) is 11.4 Å². The first-order chi connectivity index (χ1) is 12.6. The summed E-state index contributed by atoms with van der Waals surface area (Å²) in [5, 5.41) is 5.56. The summed E-state index contributed by atoms with van der Waals surface area (Å²) >= 11 is 0. The molecular weight excluding hydrogens is 362 g/mol. The Morgan fingerprint density at radius 1 is 0.926 bits per heavy atom. The SMILES string of the molecule is CC(C)(C)c1ccc(S(=O)(=O)Nc2ccc(NC(=O)NC3CC3)cc2)cc1. The van der Waals surface area contributed by atoms with Gasteiger partial charge < -0.3 is 10.6 Å². The number of hydrogen-bond acceptors (Lipinski definition) is 3. The second-order valence-electron chi connectivity index (χ2n) is 7.83. The van der Waals surface area contributed by atoms with E-state index >= 15 is 0 Å². The van der Waals surface area contributed by atoms with Crippen LogP contribution in [0.25, 0.3) is 0 Å². The summed E-state index contributed by atoms with van der Waals surface area (Å²) in [6.45, 7) is 6.24. The zero-order valence-corrected chi connectivity index (χ0v) is 16.6. The number of anilines is 2. The third-order valence-corrected chi connectivity index (χ3v) is 5.74. The highest BCUT2D eigenvalue weighted by Crippen LogP contribution is 2.25. The van der Waals surface area contributed by atoms with E-state index in [-0.39, 0.29) is 22.4 Å². The largest absolute Gasteiger partial charge is 0.335 e. The maximum absolute atomic E-state index is 12.6. The fourth-order valence-corrected chi connectivity index (χ4v) is 3.61. The molecule has 27 heavy (non-hydrogen) atoms. The Kier molecular flexibility index (Phi) is 5.15. The molecule has 1 aliphatic carbocycles. The highest BCUT2D eigenvalue weighted by molar-refractivity contribution is 7.92. The van der Waals surface area contributed by atoms with Gasteiger partial charge in [0.05, 0.1) is 4.90 Å². The molecule has 3 rings (SSSR count). The lowest BCUT2D eigenvalue weighted by atomic mass is 9.87. The van der Waals surface area contributed by atoms with Crippen LogP contribution in [-0.2, 0) is 15.4 Å². The van der Waals surface area contributed by atoms with Gasteiger partial charge in [-0.1, -0.05) is 32.9 Å². The van der Waals surface area contributed by atoms with Crippen molar-refractivity contribution in [2.24, 2.45) is 0 Å². The summed E-state index contributed by atoms with van der Waals surface area (Å²) in [5.74, 6) is 0. The first-order valence-electron chi connectivity index (χ1n) is 8.94. The maximum Gasteiger partial charge on any atom is 0.319 e. The van der Waals surface area contributed by atoms with E-state index < -0.39 is 10.0 Å². The fraction of sp³-hybridized carbons (Fsp3) is 0.350. The standard InChI is InChI=1S/C20H25N3O3S/c1-20(2,3)14-4-12-18(13-5-14)27(25,26)23-17-10-8-16(9-11-17)22-19(24)21-15-6-7-15/h4-5,8-13,15,23H,6-7H2,1-3H3,(H2,21,22,24). The summed E-state index contributed by atoms with van der Waals surface area (Å²) in [4.78, 5) is 11.9. The van der Waals surface area contributed by atoms with Crippen LogP contribution in [0.2, 0.25) is 0 Å². The van der Waals surface area contributed by atoms with Crippen LogP contribution in [0, 0.1) is 0 Å². The van der Waals surface area contributed by atoms with Gasteiger partial charge in [0.25, 0.3) is 10.0 Å². The normalized spacial score (nSPS) is 14.5. The number of hydrogen-bond donors (Lipinski definition) is 3. The molecule has 0 aromatic heterocycles. The van der Waals surface area contributed by atoms with Crippen molar-refractivity contribution in [3.8, 4) is 0 Å². The minimum absolute atomic E-state index is 0.0374. The molecule has 1 saturated carbocycles. The fourth-order valence-electron chi connectivity index (χ4n) is 2.55. The first-order valence-corrected chi connectivity index (χ1v) is 10.4. The van der Waals surface area contributed by atoms with Crippen LogP contribution in [0.1, 0.15) is 39.2 Å². The number of urea groups is 1. The van der Waals surface area contributed by atoms with Gasteiger partial charge in [0.1, 0.15) is 0 Å². The predicted molar refractivity (Wildman–Crippen MR) is 108 cm³/mol. The van der Waals surface area contributed by atoms with Crippen molar-refractivity contribution in [3.63, 3.8) is 0 Å². The molecule has 2 aromatic rings. The maximum atomic E-state index is 12.6. The Morgan fingerprint density at radius 2 is 1.48 bits per heavy atom. The van der Waals surface area contributed by atoms with Crippen LogP contribution >= 0.6 is 0 Å². The van der Waals surface area contributed by atoms with Crippen LogP contribution in [0.4, 0.5) is 16.2 Å². The molecule has 0 spiro atoms. The van der Waals surface area contributed by atoms with Gasteiger partial charge in [-0.25, -0.2) is 13.2 Å². The number of amides is 2. The Balaban J connectivity index is 1.65. The molecular formula is C20H25N3O3S. The second-order valence-corrected chi connectivity index (χ2v) is 9.51. The Labute approximate surface area is 160 Å². The van der Waals surface area contributed by atoms with Crippen LogP contribution in [0.5, 0.6) is 0 Å². The first kappa shape index (κ1) is 19.2. The number of sulfonamides is 1. The summed E-state index contributed by atoms with van der Waals surface area (Å²) in [6.07, 6.45) is 2.04. The Hall–Kier alpha value is -2.54. The van der Waals surface area contributed by atoms with E-state index in [4.69, 9.17) is 0 Å². The molecule has 0 bridgehead atoms. The molecule has 1 aliphatic rings. The molecule has 3 N–H and O–H groups in total. The van der Waals surface area contributed by atoms with Crippen molar-refractivity contribution < 1.29 is 13.2 Å². The van der Waals surface area contributed by atoms with Crippen molar-refractivity contribution in [1.82, 2.24) is 5.32 Å². The van der Waals surface area contributed by atoms with Crippen LogP contribution in [-0.4, -0.2) is 20.5 Å². The topological polar surface area (TPSA) is 87.3 Å². The molecule has 0 radical (unpaired) electrons. The van der Waals surface area contributed by atoms with Gasteiger partial charge in [0.15, 0.2) is 0 Å². The molecule has 6 nitrogen and oxygen atoms in total. The third-order valence-electron chi connectivity index (χ3n) is 4.34. The average molecular weight is 388 g/mol. The Morgan fingerprint density at radius 3 is 2.00 bits per heavy atom. The van der Waals surface area contributed by atoms with Crippen LogP contribution < -0.4 is 15.4 Å². The summed E-state index contributed by atoms with van der Waals surface area (Å²) in [5.41, 5.74) is 2.07. The summed E-state index contributed by atoms with van der Waals surface area (Å²) in [6, 6.07) is 13.5. The number of rotatable bonds is 5. The van der Waals surface area contributed by atoms with Crippen molar-refractivity contribution in [2.75, 3.05) is 10.0 Å². The minimum atomic E-state index is -3.67. The molecule has 0 aliphatic heterocycles. The molecule has 7 heteroatoms. The lowest BCUT2D eigenvalue weighted by Crippen LogP contribution is -2.30. The van der Waals surface area contributed by atoms with E-state index in [9.17, 15) is 13.2 Å². The highest BCUT2D eigenvalue weighted by atomic mass is 32.2. The van der Waals surface area contributed by atoms with E-state index in [0.717, 1.165) is 18.4 Å². The zero-order chi connectivity index (χ0) is 19.7. The van der Waals surface area contributed by atoms with Crippen molar-refractivity contribution >= 4 is 27.4 Å². The van der Waals surface area contributed by atoms with Gasteiger partial charge in [-0.3, -0.25) is 4.72 Å². The molecule has 0 heterocycles. The lowest BCUT2D eigenvalue weighted by molar-refractivity contribution is 0.251. The predicted octanol–water partition coefficient (Wildman–Crippen LogP) is 4.07. The van der Waals surface area contributed by atoms with Gasteiger partial charge in [-0.15, -0.1) is 0 Å². The van der Waals surface area contributed by atoms with Gasteiger partial charge in [0, 0.05) is 17.4 Å². The molecule has 0 saturated heterocycles. The van der Waals surface area contributed by atoms with Gasteiger partial charge in [-0.05, 0) is 60.2 Å². The molecule has 0 unspecified atom stereocenters. The lowest BCUT2D eigenvalue weighted by Gasteiger charge is -2.19. The average Bonchev–Trinajstić information content (AvgIpc) is 3.39. The van der Waals surface area contributed by atoms with E-state index in [2.05, 4.69) is 36.1 Å². The highest BCUT2D eigenvalue weighted by Gasteiger charge is 2.23. The molecule has 2 amide bonds. The number of carbonyl (C=O) groups is 1. The third kappa shape index (κ3) is 5.23. The number of nitrogens with one attached hydrogen (secondary N) is 3. The van der Waals surface area contributed by atoms with E-state index in [1.807, 2.05) is 12.1 Å².